The summed E-state index contributed by atoms with van der Waals surface area (Å²) in [5, 5.41) is 1.87. The number of ether oxygens (including phenoxy) is 1. The summed E-state index contributed by atoms with van der Waals surface area (Å²) in [7, 11) is -3.72. The molecule has 0 spiro atoms. The van der Waals surface area contributed by atoms with Crippen LogP contribution in [0.25, 0.3) is 0 Å². The summed E-state index contributed by atoms with van der Waals surface area (Å²) in [6, 6.07) is 4.94. The molecule has 1 aliphatic heterocycles. The first-order valence-electron chi connectivity index (χ1n) is 10.8. The molecule has 0 unspecified atom stereocenters. The zero-order valence-electron chi connectivity index (χ0n) is 19.9. The van der Waals surface area contributed by atoms with E-state index >= 15 is 0 Å². The van der Waals surface area contributed by atoms with Crippen molar-refractivity contribution in [3.63, 3.8) is 0 Å². The minimum Gasteiger partial charge on any atom is -0.372 e. The Labute approximate surface area is 201 Å². The van der Waals surface area contributed by atoms with Crippen molar-refractivity contribution < 1.29 is 35.5 Å². The molecular formula is C23H27F4N3O4S. The number of rotatable bonds is 5. The molecule has 1 fully saturated rings. The Morgan fingerprint density at radius 3 is 1.89 bits per heavy atom. The van der Waals surface area contributed by atoms with Gasteiger partial charge >= 0.3 is 0 Å². The molecule has 1 saturated heterocycles. The van der Waals surface area contributed by atoms with E-state index in [0.717, 1.165) is 0 Å². The lowest BCUT2D eigenvalue weighted by molar-refractivity contribution is -0.00566. The van der Waals surface area contributed by atoms with Gasteiger partial charge in [0.1, 0.15) is 11.4 Å². The zero-order valence-corrected chi connectivity index (χ0v) is 20.7. The fraction of sp³-hybridized carbons (Fsp3) is 0.435. The van der Waals surface area contributed by atoms with Gasteiger partial charge in [0.2, 0.25) is 10.0 Å². The van der Waals surface area contributed by atoms with Crippen molar-refractivity contribution in [2.45, 2.75) is 51.6 Å². The van der Waals surface area contributed by atoms with Crippen LogP contribution in [0.4, 0.5) is 34.6 Å². The number of morpholine rings is 1. The van der Waals surface area contributed by atoms with Crippen molar-refractivity contribution in [1.82, 2.24) is 0 Å². The Morgan fingerprint density at radius 1 is 0.943 bits per heavy atom. The van der Waals surface area contributed by atoms with Crippen LogP contribution >= 0.6 is 0 Å². The number of hydrogen-bond acceptors (Lipinski definition) is 5. The summed E-state index contributed by atoms with van der Waals surface area (Å²) < 4.78 is 90.4. The average Bonchev–Trinajstić information content (AvgIpc) is 2.74. The first-order valence-corrected chi connectivity index (χ1v) is 12.3. The number of nitrogens with one attached hydrogen (secondary N) is 2. The molecule has 2 aromatic rings. The Morgan fingerprint density at radius 2 is 1.43 bits per heavy atom. The normalized spacial score (nSPS) is 18.9. The highest BCUT2D eigenvalue weighted by molar-refractivity contribution is 7.94. The van der Waals surface area contributed by atoms with E-state index in [-0.39, 0.29) is 24.3 Å². The van der Waals surface area contributed by atoms with Crippen molar-refractivity contribution in [2.24, 2.45) is 0 Å². The molecule has 35 heavy (non-hydrogen) atoms. The second-order valence-corrected chi connectivity index (χ2v) is 11.8. The van der Waals surface area contributed by atoms with Crippen molar-refractivity contribution in [3.8, 4) is 0 Å². The van der Waals surface area contributed by atoms with Crippen LogP contribution in [0.5, 0.6) is 0 Å². The monoisotopic (exact) mass is 517 g/mol. The van der Waals surface area contributed by atoms with Crippen molar-refractivity contribution in [1.29, 1.82) is 0 Å². The van der Waals surface area contributed by atoms with Gasteiger partial charge in [-0.15, -0.1) is 0 Å². The number of sulfonamides is 1. The number of halogens is 4. The molecule has 1 amide bonds. The van der Waals surface area contributed by atoms with E-state index < -0.39 is 67.5 Å². The Balaban J connectivity index is 1.85. The molecule has 0 aromatic heterocycles. The third kappa shape index (κ3) is 5.53. The van der Waals surface area contributed by atoms with Crippen LogP contribution in [0.15, 0.2) is 24.3 Å². The van der Waals surface area contributed by atoms with Gasteiger partial charge in [-0.1, -0.05) is 0 Å². The average molecular weight is 518 g/mol. The van der Waals surface area contributed by atoms with Crippen LogP contribution in [-0.2, 0) is 14.8 Å². The Bertz CT molecular complexity index is 1190. The molecule has 7 nitrogen and oxygen atoms in total. The maximum atomic E-state index is 14.8. The topological polar surface area (TPSA) is 87.7 Å². The number of hydrogen-bond donors (Lipinski definition) is 2. The highest BCUT2D eigenvalue weighted by atomic mass is 32.2. The fourth-order valence-electron chi connectivity index (χ4n) is 3.55. The molecule has 192 valence electrons. The summed E-state index contributed by atoms with van der Waals surface area (Å²) >= 11 is 0. The smallest absolute Gasteiger partial charge is 0.255 e. The molecule has 12 heteroatoms. The van der Waals surface area contributed by atoms with Crippen LogP contribution in [0, 0.1) is 23.3 Å². The Kier molecular flexibility index (Phi) is 7.37. The quantitative estimate of drug-likeness (QED) is 0.446. The van der Waals surface area contributed by atoms with Gasteiger partial charge in [-0.25, -0.2) is 26.0 Å². The molecule has 0 saturated carbocycles. The lowest BCUT2D eigenvalue weighted by atomic mass is 10.1. The van der Waals surface area contributed by atoms with Crippen molar-refractivity contribution in [2.75, 3.05) is 28.0 Å². The number of benzene rings is 2. The van der Waals surface area contributed by atoms with Gasteiger partial charge in [0.25, 0.3) is 5.91 Å². The summed E-state index contributed by atoms with van der Waals surface area (Å²) in [5.74, 6) is -7.80. The van der Waals surface area contributed by atoms with E-state index in [1.807, 2.05) is 5.32 Å². The zero-order chi connectivity index (χ0) is 26.3. The summed E-state index contributed by atoms with van der Waals surface area (Å²) in [4.78, 5) is 13.7. The summed E-state index contributed by atoms with van der Waals surface area (Å²) in [6.07, 6.45) is -0.835. The van der Waals surface area contributed by atoms with Crippen LogP contribution < -0.4 is 14.9 Å². The number of amides is 1. The van der Waals surface area contributed by atoms with E-state index in [0.29, 0.717) is 0 Å². The highest BCUT2D eigenvalue weighted by Gasteiger charge is 2.33. The molecule has 2 atom stereocenters. The van der Waals surface area contributed by atoms with Crippen molar-refractivity contribution in [3.05, 3.63) is 53.1 Å². The molecule has 0 radical (unpaired) electrons. The van der Waals surface area contributed by atoms with Crippen molar-refractivity contribution >= 4 is 33.0 Å². The van der Waals surface area contributed by atoms with Gasteiger partial charge in [-0.2, -0.15) is 0 Å². The van der Waals surface area contributed by atoms with E-state index in [1.165, 1.54) is 49.9 Å². The van der Waals surface area contributed by atoms with Gasteiger partial charge in [0.15, 0.2) is 23.3 Å². The van der Waals surface area contributed by atoms with Crippen LogP contribution in [0.2, 0.25) is 0 Å². The van der Waals surface area contributed by atoms with Gasteiger partial charge < -0.3 is 15.0 Å². The molecule has 1 heterocycles. The standard InChI is InChI=1S/C23H27F4N3O4S/c1-12-10-30(11-13(2)34-12)21-18(26)16(24)20(17(25)19(21)27)28-22(31)14-6-8-15(9-7-14)29-35(32,33)23(3,4)5/h6-9,12-13,29H,10-11H2,1-5H3,(H,28,31)/t12-,13+. The fourth-order valence-corrected chi connectivity index (χ4v) is 4.30. The number of carbonyl (C=O) groups is 1. The third-order valence-electron chi connectivity index (χ3n) is 5.42. The lowest BCUT2D eigenvalue weighted by Gasteiger charge is -2.37. The third-order valence-corrected chi connectivity index (χ3v) is 7.54. The summed E-state index contributed by atoms with van der Waals surface area (Å²) in [6.45, 7) is 7.89. The number of carbonyl (C=O) groups excluding carboxylic acids is 1. The molecule has 3 rings (SSSR count). The predicted octanol–water partition coefficient (Wildman–Crippen LogP) is 4.65. The second-order valence-electron chi connectivity index (χ2n) is 9.39. The van der Waals surface area contributed by atoms with E-state index in [1.54, 1.807) is 13.8 Å². The number of anilines is 3. The van der Waals surface area contributed by atoms with Gasteiger partial charge in [0.05, 0.1) is 17.0 Å². The molecule has 2 N–H and O–H groups in total. The van der Waals surface area contributed by atoms with E-state index in [4.69, 9.17) is 4.74 Å². The first kappa shape index (κ1) is 26.7. The van der Waals surface area contributed by atoms with E-state index in [2.05, 4.69) is 4.72 Å². The minimum absolute atomic E-state index is 0.0219. The lowest BCUT2D eigenvalue weighted by Crippen LogP contribution is -2.46. The highest BCUT2D eigenvalue weighted by Crippen LogP contribution is 2.35. The molecule has 2 aromatic carbocycles. The molecule has 0 bridgehead atoms. The Hall–Kier alpha value is -2.86. The van der Waals surface area contributed by atoms with Gasteiger partial charge in [-0.3, -0.25) is 9.52 Å². The van der Waals surface area contributed by atoms with E-state index in [9.17, 15) is 30.8 Å². The first-order chi connectivity index (χ1) is 16.1. The van der Waals surface area contributed by atoms with Gasteiger partial charge in [0, 0.05) is 24.3 Å². The predicted molar refractivity (Wildman–Crippen MR) is 125 cm³/mol. The maximum Gasteiger partial charge on any atom is 0.255 e. The van der Waals surface area contributed by atoms with Crippen LogP contribution in [-0.4, -0.2) is 44.4 Å². The minimum atomic E-state index is -3.72. The van der Waals surface area contributed by atoms with Crippen LogP contribution in [0.3, 0.4) is 0 Å². The SMILES string of the molecule is C[C@@H]1CN(c2c(F)c(F)c(NC(=O)c3ccc(NS(=O)(=O)C(C)(C)C)cc3)c(F)c2F)C[C@H](C)O1. The molecule has 1 aliphatic rings. The summed E-state index contributed by atoms with van der Waals surface area (Å²) in [5.41, 5.74) is -2.09. The second kappa shape index (κ2) is 9.65. The van der Waals surface area contributed by atoms with Crippen LogP contribution in [0.1, 0.15) is 45.0 Å². The molecule has 0 aliphatic carbocycles. The van der Waals surface area contributed by atoms with Gasteiger partial charge in [-0.05, 0) is 58.9 Å². The maximum absolute atomic E-state index is 14.8. The number of nitrogens with zero attached hydrogens (tertiary/aromatic N) is 1. The largest absolute Gasteiger partial charge is 0.372 e. The molecular weight excluding hydrogens is 490 g/mol.